The van der Waals surface area contributed by atoms with E-state index in [2.05, 4.69) is 0 Å². The van der Waals surface area contributed by atoms with Crippen molar-refractivity contribution in [2.75, 3.05) is 18.0 Å². The Morgan fingerprint density at radius 2 is 1.75 bits per heavy atom. The van der Waals surface area contributed by atoms with Gasteiger partial charge in [-0.1, -0.05) is 54.1 Å². The first-order valence-electron chi connectivity index (χ1n) is 7.97. The van der Waals surface area contributed by atoms with Gasteiger partial charge in [-0.05, 0) is 24.6 Å². The van der Waals surface area contributed by atoms with Crippen molar-refractivity contribution in [1.82, 2.24) is 4.90 Å². The van der Waals surface area contributed by atoms with Crippen LogP contribution in [0.3, 0.4) is 0 Å². The molecule has 3 rings (SSSR count). The Labute approximate surface area is 146 Å². The molecule has 24 heavy (non-hydrogen) atoms. The van der Waals surface area contributed by atoms with E-state index in [9.17, 15) is 9.59 Å². The molecule has 1 aliphatic heterocycles. The van der Waals surface area contributed by atoms with Crippen molar-refractivity contribution >= 4 is 29.1 Å². The van der Waals surface area contributed by atoms with Gasteiger partial charge < -0.3 is 9.80 Å². The van der Waals surface area contributed by atoms with E-state index in [4.69, 9.17) is 11.6 Å². The van der Waals surface area contributed by atoms with Gasteiger partial charge in [-0.3, -0.25) is 9.59 Å². The summed E-state index contributed by atoms with van der Waals surface area (Å²) in [6.45, 7) is 2.73. The molecule has 1 fully saturated rings. The molecule has 2 amide bonds. The molecule has 0 N–H and O–H groups in total. The van der Waals surface area contributed by atoms with Crippen molar-refractivity contribution in [3.8, 4) is 0 Å². The Morgan fingerprint density at radius 3 is 2.46 bits per heavy atom. The maximum absolute atomic E-state index is 12.7. The molecule has 0 spiro atoms. The molecule has 0 aromatic heterocycles. The second-order valence-electron chi connectivity index (χ2n) is 5.87. The zero-order chi connectivity index (χ0) is 17.1. The standard InChI is InChI=1S/C19H19ClN2O2/c1-14-19(24)22(17-10-6-5-9-16(17)20)12-11-21(14)18(23)13-15-7-3-2-4-8-15/h2-10,14H,11-13H2,1H3. The van der Waals surface area contributed by atoms with Crippen molar-refractivity contribution in [2.24, 2.45) is 0 Å². The largest absolute Gasteiger partial charge is 0.329 e. The van der Waals surface area contributed by atoms with Gasteiger partial charge in [-0.25, -0.2) is 0 Å². The fourth-order valence-corrected chi connectivity index (χ4v) is 3.23. The van der Waals surface area contributed by atoms with Crippen LogP contribution in [0.1, 0.15) is 12.5 Å². The predicted molar refractivity (Wildman–Crippen MR) is 95.1 cm³/mol. The molecule has 1 saturated heterocycles. The van der Waals surface area contributed by atoms with Crippen LogP contribution < -0.4 is 4.90 Å². The van der Waals surface area contributed by atoms with Crippen LogP contribution in [-0.2, 0) is 16.0 Å². The normalized spacial score (nSPS) is 17.9. The summed E-state index contributed by atoms with van der Waals surface area (Å²) >= 11 is 6.20. The second-order valence-corrected chi connectivity index (χ2v) is 6.27. The lowest BCUT2D eigenvalue weighted by Crippen LogP contribution is -2.58. The average Bonchev–Trinajstić information content (AvgIpc) is 2.59. The van der Waals surface area contributed by atoms with E-state index in [1.807, 2.05) is 48.5 Å². The van der Waals surface area contributed by atoms with Crippen LogP contribution in [0.15, 0.2) is 54.6 Å². The molecule has 2 aromatic rings. The molecule has 2 aromatic carbocycles. The summed E-state index contributed by atoms with van der Waals surface area (Å²) in [4.78, 5) is 28.6. The van der Waals surface area contributed by atoms with Crippen molar-refractivity contribution in [2.45, 2.75) is 19.4 Å². The van der Waals surface area contributed by atoms with Crippen LogP contribution >= 0.6 is 11.6 Å². The molecular weight excluding hydrogens is 324 g/mol. The number of carbonyl (C=O) groups is 2. The van der Waals surface area contributed by atoms with E-state index >= 15 is 0 Å². The topological polar surface area (TPSA) is 40.6 Å². The minimum Gasteiger partial charge on any atom is -0.329 e. The Morgan fingerprint density at radius 1 is 1.08 bits per heavy atom. The third kappa shape index (κ3) is 3.29. The van der Waals surface area contributed by atoms with Gasteiger partial charge in [-0.2, -0.15) is 0 Å². The number of rotatable bonds is 3. The molecule has 124 valence electrons. The predicted octanol–water partition coefficient (Wildman–Crippen LogP) is 3.15. The fourth-order valence-electron chi connectivity index (χ4n) is 2.99. The first-order chi connectivity index (χ1) is 11.6. The molecule has 0 bridgehead atoms. The number of para-hydroxylation sites is 1. The highest BCUT2D eigenvalue weighted by atomic mass is 35.5. The van der Waals surface area contributed by atoms with Crippen molar-refractivity contribution < 1.29 is 9.59 Å². The van der Waals surface area contributed by atoms with E-state index in [1.54, 1.807) is 22.8 Å². The number of carbonyl (C=O) groups excluding carboxylic acids is 2. The van der Waals surface area contributed by atoms with Crippen LogP contribution in [0.25, 0.3) is 0 Å². The summed E-state index contributed by atoms with van der Waals surface area (Å²) in [5.74, 6) is -0.128. The Bertz CT molecular complexity index is 748. The molecule has 1 unspecified atom stereocenters. The second kappa shape index (κ2) is 7.05. The lowest BCUT2D eigenvalue weighted by atomic mass is 10.1. The SMILES string of the molecule is CC1C(=O)N(c2ccccc2Cl)CCN1C(=O)Cc1ccccc1. The van der Waals surface area contributed by atoms with Gasteiger partial charge in [0.1, 0.15) is 6.04 Å². The van der Waals surface area contributed by atoms with Crippen LogP contribution in [0.5, 0.6) is 0 Å². The lowest BCUT2D eigenvalue weighted by molar-refractivity contribution is -0.140. The van der Waals surface area contributed by atoms with Crippen molar-refractivity contribution in [3.63, 3.8) is 0 Å². The van der Waals surface area contributed by atoms with Crippen LogP contribution in [-0.4, -0.2) is 35.8 Å². The molecule has 0 aliphatic carbocycles. The van der Waals surface area contributed by atoms with Crippen LogP contribution in [0.4, 0.5) is 5.69 Å². The van der Waals surface area contributed by atoms with E-state index in [0.29, 0.717) is 30.2 Å². The van der Waals surface area contributed by atoms with Crippen molar-refractivity contribution in [1.29, 1.82) is 0 Å². The van der Waals surface area contributed by atoms with Gasteiger partial charge in [-0.15, -0.1) is 0 Å². The fraction of sp³-hybridized carbons (Fsp3) is 0.263. The molecule has 5 heteroatoms. The third-order valence-corrected chi connectivity index (χ3v) is 4.64. The van der Waals surface area contributed by atoms with Gasteiger partial charge in [0, 0.05) is 13.1 Å². The zero-order valence-electron chi connectivity index (χ0n) is 13.5. The highest BCUT2D eigenvalue weighted by Gasteiger charge is 2.35. The molecule has 0 saturated carbocycles. The Kier molecular flexibility index (Phi) is 4.86. The number of benzene rings is 2. The highest BCUT2D eigenvalue weighted by molar-refractivity contribution is 6.33. The summed E-state index contributed by atoms with van der Waals surface area (Å²) in [7, 11) is 0. The smallest absolute Gasteiger partial charge is 0.249 e. The quantitative estimate of drug-likeness (QED) is 0.859. The number of amides is 2. The molecular formula is C19H19ClN2O2. The van der Waals surface area contributed by atoms with Crippen molar-refractivity contribution in [3.05, 3.63) is 65.2 Å². The summed E-state index contributed by atoms with van der Waals surface area (Å²) in [5, 5.41) is 0.544. The van der Waals surface area contributed by atoms with Gasteiger partial charge in [0.2, 0.25) is 11.8 Å². The summed E-state index contributed by atoms with van der Waals surface area (Å²) in [6, 6.07) is 16.4. The Balaban J connectivity index is 1.73. The van der Waals surface area contributed by atoms with Crippen LogP contribution in [0, 0.1) is 0 Å². The molecule has 1 atom stereocenters. The third-order valence-electron chi connectivity index (χ3n) is 4.32. The van der Waals surface area contributed by atoms with Crippen LogP contribution in [0.2, 0.25) is 5.02 Å². The zero-order valence-corrected chi connectivity index (χ0v) is 14.2. The number of anilines is 1. The number of hydrogen-bond donors (Lipinski definition) is 0. The first kappa shape index (κ1) is 16.5. The number of piperazine rings is 1. The summed E-state index contributed by atoms with van der Waals surface area (Å²) in [6.07, 6.45) is 0.310. The van der Waals surface area contributed by atoms with Gasteiger partial charge >= 0.3 is 0 Å². The lowest BCUT2D eigenvalue weighted by Gasteiger charge is -2.39. The maximum Gasteiger partial charge on any atom is 0.249 e. The summed E-state index contributed by atoms with van der Waals surface area (Å²) in [5.41, 5.74) is 1.65. The molecule has 1 heterocycles. The number of nitrogens with zero attached hydrogens (tertiary/aromatic N) is 2. The van der Waals surface area contributed by atoms with Gasteiger partial charge in [0.05, 0.1) is 17.1 Å². The first-order valence-corrected chi connectivity index (χ1v) is 8.35. The monoisotopic (exact) mass is 342 g/mol. The minimum atomic E-state index is -0.494. The van der Waals surface area contributed by atoms with E-state index in [0.717, 1.165) is 5.56 Å². The van der Waals surface area contributed by atoms with E-state index in [-0.39, 0.29) is 11.8 Å². The molecule has 4 nitrogen and oxygen atoms in total. The highest BCUT2D eigenvalue weighted by Crippen LogP contribution is 2.28. The van der Waals surface area contributed by atoms with Gasteiger partial charge in [0.25, 0.3) is 0 Å². The minimum absolute atomic E-state index is 0.0270. The maximum atomic E-state index is 12.7. The molecule has 0 radical (unpaired) electrons. The van der Waals surface area contributed by atoms with E-state index in [1.165, 1.54) is 0 Å². The molecule has 1 aliphatic rings. The summed E-state index contributed by atoms with van der Waals surface area (Å²) < 4.78 is 0. The Hall–Kier alpha value is -2.33. The van der Waals surface area contributed by atoms with Gasteiger partial charge in [0.15, 0.2) is 0 Å². The average molecular weight is 343 g/mol. The number of hydrogen-bond acceptors (Lipinski definition) is 2. The van der Waals surface area contributed by atoms with E-state index < -0.39 is 6.04 Å². The number of halogens is 1.